The molecule has 3 rings (SSSR count). The molecule has 0 aliphatic carbocycles. The van der Waals surface area contributed by atoms with Gasteiger partial charge in [-0.3, -0.25) is 14.2 Å². The lowest BCUT2D eigenvalue weighted by atomic mass is 10.3. The molecule has 0 aliphatic heterocycles. The molecule has 1 heterocycles. The Morgan fingerprint density at radius 3 is 2.80 bits per heavy atom. The van der Waals surface area contributed by atoms with Crippen LogP contribution in [0.25, 0.3) is 5.69 Å². The monoisotopic (exact) mass is 445 g/mol. The Morgan fingerprint density at radius 1 is 1.23 bits per heavy atom. The highest BCUT2D eigenvalue weighted by Crippen LogP contribution is 2.23. The maximum atomic E-state index is 12.5. The van der Waals surface area contributed by atoms with Crippen molar-refractivity contribution in [1.29, 1.82) is 0 Å². The smallest absolute Gasteiger partial charge is 0.244 e. The van der Waals surface area contributed by atoms with Crippen molar-refractivity contribution in [2.75, 3.05) is 31.8 Å². The second-order valence-corrected chi connectivity index (χ2v) is 7.60. The summed E-state index contributed by atoms with van der Waals surface area (Å²) in [6.07, 6.45) is 1.57. The van der Waals surface area contributed by atoms with Gasteiger partial charge in [-0.2, -0.15) is 0 Å². The maximum absolute atomic E-state index is 12.5. The van der Waals surface area contributed by atoms with Crippen LogP contribution in [0.4, 0.5) is 5.69 Å². The molecule has 0 aliphatic rings. The summed E-state index contributed by atoms with van der Waals surface area (Å²) in [7, 11) is 3.17. The Labute approximate surface area is 183 Å². The number of methoxy groups -OCH3 is 1. The second-order valence-electron chi connectivity index (χ2n) is 6.25. The number of nitrogens with one attached hydrogen (secondary N) is 1. The molecule has 0 spiro atoms. The van der Waals surface area contributed by atoms with E-state index in [-0.39, 0.29) is 24.1 Å². The van der Waals surface area contributed by atoms with Gasteiger partial charge in [-0.05, 0) is 24.3 Å². The van der Waals surface area contributed by atoms with Gasteiger partial charge < -0.3 is 15.0 Å². The van der Waals surface area contributed by atoms with Crippen LogP contribution in [0, 0.1) is 0 Å². The van der Waals surface area contributed by atoms with Gasteiger partial charge in [0.25, 0.3) is 0 Å². The zero-order valence-corrected chi connectivity index (χ0v) is 18.0. The third kappa shape index (κ3) is 5.52. The molecule has 10 heteroatoms. The summed E-state index contributed by atoms with van der Waals surface area (Å²) in [5.41, 5.74) is 1.33. The van der Waals surface area contributed by atoms with E-state index in [1.165, 1.54) is 16.7 Å². The number of aromatic nitrogens is 3. The molecule has 0 saturated carbocycles. The van der Waals surface area contributed by atoms with Gasteiger partial charge in [0.15, 0.2) is 5.16 Å². The lowest BCUT2D eigenvalue weighted by molar-refractivity contribution is -0.131. The van der Waals surface area contributed by atoms with Gasteiger partial charge >= 0.3 is 0 Å². The topological polar surface area (TPSA) is 89.3 Å². The fourth-order valence-corrected chi connectivity index (χ4v) is 3.61. The van der Waals surface area contributed by atoms with Gasteiger partial charge in [0.1, 0.15) is 12.1 Å². The Kier molecular flexibility index (Phi) is 7.31. The molecular formula is C20H20ClN5O3S. The summed E-state index contributed by atoms with van der Waals surface area (Å²) < 4.78 is 7.01. The molecule has 2 amide bonds. The van der Waals surface area contributed by atoms with Crippen LogP contribution in [0.15, 0.2) is 60.0 Å². The molecule has 1 N–H and O–H groups in total. The second kappa shape index (κ2) is 10.1. The van der Waals surface area contributed by atoms with Crippen molar-refractivity contribution < 1.29 is 14.3 Å². The van der Waals surface area contributed by atoms with E-state index in [2.05, 4.69) is 15.5 Å². The van der Waals surface area contributed by atoms with Gasteiger partial charge in [0.05, 0.1) is 35.8 Å². The van der Waals surface area contributed by atoms with E-state index in [1.807, 2.05) is 24.3 Å². The van der Waals surface area contributed by atoms with Crippen LogP contribution in [0.3, 0.4) is 0 Å². The first kappa shape index (κ1) is 21.7. The molecule has 0 saturated heterocycles. The zero-order valence-electron chi connectivity index (χ0n) is 16.4. The molecule has 0 radical (unpaired) electrons. The summed E-state index contributed by atoms with van der Waals surface area (Å²) in [6, 6.07) is 14.4. The predicted molar refractivity (Wildman–Crippen MR) is 116 cm³/mol. The van der Waals surface area contributed by atoms with Crippen LogP contribution in [-0.2, 0) is 9.59 Å². The number of thioether (sulfide) groups is 1. The first-order valence-electron chi connectivity index (χ1n) is 8.93. The van der Waals surface area contributed by atoms with Crippen LogP contribution in [-0.4, -0.2) is 57.9 Å². The summed E-state index contributed by atoms with van der Waals surface area (Å²) in [4.78, 5) is 26.0. The molecule has 2 aromatic carbocycles. The van der Waals surface area contributed by atoms with E-state index >= 15 is 0 Å². The van der Waals surface area contributed by atoms with Crippen molar-refractivity contribution in [1.82, 2.24) is 19.7 Å². The van der Waals surface area contributed by atoms with E-state index in [4.69, 9.17) is 16.3 Å². The van der Waals surface area contributed by atoms with Gasteiger partial charge in [0, 0.05) is 13.1 Å². The van der Waals surface area contributed by atoms with Gasteiger partial charge in [-0.15, -0.1) is 10.2 Å². The molecule has 8 nitrogen and oxygen atoms in total. The van der Waals surface area contributed by atoms with Crippen LogP contribution >= 0.6 is 23.4 Å². The summed E-state index contributed by atoms with van der Waals surface area (Å²) >= 11 is 7.27. The number of likely N-dealkylation sites (N-methyl/N-ethyl adjacent to an activating group) is 1. The van der Waals surface area contributed by atoms with Gasteiger partial charge in [-0.25, -0.2) is 0 Å². The number of benzene rings is 2. The average Bonchev–Trinajstić information content (AvgIpc) is 3.22. The average molecular weight is 446 g/mol. The van der Waals surface area contributed by atoms with E-state index < -0.39 is 0 Å². The third-order valence-corrected chi connectivity index (χ3v) is 5.38. The first-order chi connectivity index (χ1) is 14.5. The number of ether oxygens (including phenoxy) is 1. The highest BCUT2D eigenvalue weighted by Gasteiger charge is 2.16. The van der Waals surface area contributed by atoms with Gasteiger partial charge in [0.2, 0.25) is 11.8 Å². The van der Waals surface area contributed by atoms with Crippen molar-refractivity contribution >= 4 is 40.9 Å². The fraction of sp³-hybridized carbons (Fsp3) is 0.200. The highest BCUT2D eigenvalue weighted by molar-refractivity contribution is 7.99. The SMILES string of the molecule is COc1cccc(-n2cnnc2SCC(=O)N(C)CC(=O)Nc2ccccc2Cl)c1. The molecule has 3 aromatic rings. The molecule has 156 valence electrons. The molecule has 30 heavy (non-hydrogen) atoms. The Hall–Kier alpha value is -3.04. The molecule has 0 fully saturated rings. The first-order valence-corrected chi connectivity index (χ1v) is 10.3. The Morgan fingerprint density at radius 2 is 2.03 bits per heavy atom. The minimum absolute atomic E-state index is 0.0901. The summed E-state index contributed by atoms with van der Waals surface area (Å²) in [5, 5.41) is 11.7. The number of hydrogen-bond acceptors (Lipinski definition) is 6. The maximum Gasteiger partial charge on any atom is 0.244 e. The van der Waals surface area contributed by atoms with E-state index in [0.717, 1.165) is 5.69 Å². The van der Waals surface area contributed by atoms with E-state index in [9.17, 15) is 9.59 Å². The normalized spacial score (nSPS) is 10.5. The van der Waals surface area contributed by atoms with Crippen molar-refractivity contribution in [3.05, 3.63) is 59.9 Å². The largest absolute Gasteiger partial charge is 0.497 e. The lowest BCUT2D eigenvalue weighted by Gasteiger charge is -2.17. The molecule has 1 aromatic heterocycles. The molecular weight excluding hydrogens is 426 g/mol. The number of nitrogens with zero attached hydrogens (tertiary/aromatic N) is 4. The molecule has 0 bridgehead atoms. The van der Waals surface area contributed by atoms with Crippen molar-refractivity contribution in [3.8, 4) is 11.4 Å². The number of carbonyl (C=O) groups is 2. The molecule has 0 unspecified atom stereocenters. The number of para-hydroxylation sites is 1. The number of carbonyl (C=O) groups excluding carboxylic acids is 2. The zero-order chi connectivity index (χ0) is 21.5. The fourth-order valence-electron chi connectivity index (χ4n) is 2.55. The van der Waals surface area contributed by atoms with Crippen LogP contribution in [0.2, 0.25) is 5.02 Å². The van der Waals surface area contributed by atoms with Crippen LogP contribution in [0.1, 0.15) is 0 Å². The van der Waals surface area contributed by atoms with E-state index in [0.29, 0.717) is 21.6 Å². The molecule has 0 atom stereocenters. The van der Waals surface area contributed by atoms with Crippen LogP contribution < -0.4 is 10.1 Å². The van der Waals surface area contributed by atoms with Crippen molar-refractivity contribution in [2.24, 2.45) is 0 Å². The standard InChI is InChI=1S/C20H20ClN5O3S/c1-25(11-18(27)23-17-9-4-3-8-16(17)21)19(28)12-30-20-24-22-13-26(20)14-6-5-7-15(10-14)29-2/h3-10,13H,11-12H2,1-2H3,(H,23,27). The lowest BCUT2D eigenvalue weighted by Crippen LogP contribution is -2.36. The number of anilines is 1. The minimum atomic E-state index is -0.330. The van der Waals surface area contributed by atoms with Crippen LogP contribution in [0.5, 0.6) is 5.75 Å². The quantitative estimate of drug-likeness (QED) is 0.536. The number of rotatable bonds is 8. The summed E-state index contributed by atoms with van der Waals surface area (Å²) in [6.45, 7) is -0.0901. The van der Waals surface area contributed by atoms with Crippen molar-refractivity contribution in [2.45, 2.75) is 5.16 Å². The number of amides is 2. The Bertz CT molecular complexity index is 1040. The number of halogens is 1. The van der Waals surface area contributed by atoms with Crippen molar-refractivity contribution in [3.63, 3.8) is 0 Å². The van der Waals surface area contributed by atoms with E-state index in [1.54, 1.807) is 49.3 Å². The minimum Gasteiger partial charge on any atom is -0.497 e. The predicted octanol–water partition coefficient (Wildman–Crippen LogP) is 3.12. The Balaban J connectivity index is 1.56. The number of hydrogen-bond donors (Lipinski definition) is 1. The third-order valence-electron chi connectivity index (χ3n) is 4.13. The highest BCUT2D eigenvalue weighted by atomic mass is 35.5. The van der Waals surface area contributed by atoms with Gasteiger partial charge in [-0.1, -0.05) is 41.6 Å². The summed E-state index contributed by atoms with van der Waals surface area (Å²) in [5.74, 6) is 0.272.